The molecule has 7 nitrogen and oxygen atoms in total. The quantitative estimate of drug-likeness (QED) is 0.661. The van der Waals surface area contributed by atoms with Crippen molar-refractivity contribution < 1.29 is 4.92 Å². The first-order valence-corrected chi connectivity index (χ1v) is 5.50. The van der Waals surface area contributed by atoms with E-state index in [-0.39, 0.29) is 11.5 Å². The maximum atomic E-state index is 10.9. The van der Waals surface area contributed by atoms with E-state index in [1.54, 1.807) is 30.2 Å². The van der Waals surface area contributed by atoms with Crippen molar-refractivity contribution in [2.75, 3.05) is 5.32 Å². The van der Waals surface area contributed by atoms with E-state index in [1.165, 1.54) is 6.07 Å². The average Bonchev–Trinajstić information content (AvgIpc) is 2.79. The summed E-state index contributed by atoms with van der Waals surface area (Å²) >= 11 is 0. The van der Waals surface area contributed by atoms with E-state index in [2.05, 4.69) is 15.4 Å². The largest absolute Gasteiger partial charge is 0.332 e. The van der Waals surface area contributed by atoms with Crippen LogP contribution in [0.15, 0.2) is 24.7 Å². The first kappa shape index (κ1) is 12.0. The molecule has 0 saturated heterocycles. The van der Waals surface area contributed by atoms with Crippen molar-refractivity contribution in [3.8, 4) is 0 Å². The van der Waals surface area contributed by atoms with Crippen molar-refractivity contribution in [2.24, 2.45) is 0 Å². The first-order chi connectivity index (χ1) is 8.60. The molecule has 0 aliphatic rings. The highest BCUT2D eigenvalue weighted by atomic mass is 16.6. The number of pyridine rings is 1. The molecule has 0 aliphatic heterocycles. The van der Waals surface area contributed by atoms with Crippen LogP contribution in [0, 0.1) is 17.0 Å². The molecule has 0 aliphatic carbocycles. The monoisotopic (exact) mass is 247 g/mol. The van der Waals surface area contributed by atoms with E-state index in [1.807, 2.05) is 6.92 Å². The van der Waals surface area contributed by atoms with Crippen molar-refractivity contribution in [3.63, 3.8) is 0 Å². The first-order valence-electron chi connectivity index (χ1n) is 5.50. The Morgan fingerprint density at radius 1 is 1.50 bits per heavy atom. The van der Waals surface area contributed by atoms with Crippen molar-refractivity contribution in [3.05, 3.63) is 40.3 Å². The van der Waals surface area contributed by atoms with E-state index in [4.69, 9.17) is 0 Å². The number of anilines is 2. The molecule has 0 unspecified atom stereocenters. The second-order valence-electron chi connectivity index (χ2n) is 3.85. The molecule has 2 rings (SSSR count). The molecule has 0 spiro atoms. The molecule has 0 atom stereocenters. The summed E-state index contributed by atoms with van der Waals surface area (Å²) in [6, 6.07) is 1.49. The van der Waals surface area contributed by atoms with Gasteiger partial charge >= 0.3 is 5.69 Å². The van der Waals surface area contributed by atoms with E-state index >= 15 is 0 Å². The van der Waals surface area contributed by atoms with Gasteiger partial charge in [0.2, 0.25) is 5.82 Å². The Balaban J connectivity index is 2.30. The molecule has 0 saturated carbocycles. The number of rotatable bonds is 4. The molecule has 0 amide bonds. The molecule has 18 heavy (non-hydrogen) atoms. The minimum absolute atomic E-state index is 0.0424. The van der Waals surface area contributed by atoms with E-state index < -0.39 is 4.92 Å². The Morgan fingerprint density at radius 2 is 2.28 bits per heavy atom. The second-order valence-corrected chi connectivity index (χ2v) is 3.85. The van der Waals surface area contributed by atoms with Crippen LogP contribution in [-0.2, 0) is 6.54 Å². The molecule has 0 radical (unpaired) electrons. The lowest BCUT2D eigenvalue weighted by molar-refractivity contribution is -0.384. The van der Waals surface area contributed by atoms with E-state index in [9.17, 15) is 10.1 Å². The predicted molar refractivity (Wildman–Crippen MR) is 66.8 cm³/mol. The Labute approximate surface area is 104 Å². The lowest BCUT2D eigenvalue weighted by atomic mass is 10.3. The number of nitrogens with one attached hydrogen (secondary N) is 1. The highest BCUT2D eigenvalue weighted by molar-refractivity contribution is 5.64. The van der Waals surface area contributed by atoms with Crippen LogP contribution in [0.3, 0.4) is 0 Å². The Bertz CT molecular complexity index is 579. The Hall–Kier alpha value is -2.44. The van der Waals surface area contributed by atoms with Gasteiger partial charge in [0.15, 0.2) is 0 Å². The van der Waals surface area contributed by atoms with Crippen LogP contribution in [0.2, 0.25) is 0 Å². The SMILES string of the molecule is CCn1cc(Nc2ncc(C)cc2[N+](=O)[O-])cn1. The van der Waals surface area contributed by atoms with Gasteiger partial charge in [-0.15, -0.1) is 0 Å². The molecule has 0 aromatic carbocycles. The summed E-state index contributed by atoms with van der Waals surface area (Å²) < 4.78 is 1.72. The topological polar surface area (TPSA) is 85.9 Å². The molecule has 2 aromatic rings. The molecular formula is C11H13N5O2. The van der Waals surface area contributed by atoms with Gasteiger partial charge in [0.05, 0.1) is 16.8 Å². The van der Waals surface area contributed by atoms with Crippen LogP contribution in [0.1, 0.15) is 12.5 Å². The highest BCUT2D eigenvalue weighted by Crippen LogP contribution is 2.25. The maximum absolute atomic E-state index is 10.9. The molecule has 7 heteroatoms. The van der Waals surface area contributed by atoms with Gasteiger partial charge in [0, 0.05) is 25.0 Å². The third kappa shape index (κ3) is 2.45. The third-order valence-electron chi connectivity index (χ3n) is 2.42. The highest BCUT2D eigenvalue weighted by Gasteiger charge is 2.15. The fraction of sp³-hybridized carbons (Fsp3) is 0.273. The van der Waals surface area contributed by atoms with Crippen molar-refractivity contribution in [1.29, 1.82) is 0 Å². The third-order valence-corrected chi connectivity index (χ3v) is 2.42. The number of nitrogens with zero attached hydrogens (tertiary/aromatic N) is 4. The normalized spacial score (nSPS) is 10.3. The van der Waals surface area contributed by atoms with Crippen LogP contribution in [-0.4, -0.2) is 19.7 Å². The van der Waals surface area contributed by atoms with Crippen LogP contribution in [0.25, 0.3) is 0 Å². The fourth-order valence-electron chi connectivity index (χ4n) is 1.53. The summed E-state index contributed by atoms with van der Waals surface area (Å²) in [6.45, 7) is 4.47. The summed E-state index contributed by atoms with van der Waals surface area (Å²) in [5, 5.41) is 17.9. The van der Waals surface area contributed by atoms with Crippen LogP contribution >= 0.6 is 0 Å². The summed E-state index contributed by atoms with van der Waals surface area (Å²) in [7, 11) is 0. The van der Waals surface area contributed by atoms with Gasteiger partial charge in [0.25, 0.3) is 0 Å². The number of hydrogen-bond donors (Lipinski definition) is 1. The maximum Gasteiger partial charge on any atom is 0.311 e. The molecule has 2 heterocycles. The van der Waals surface area contributed by atoms with Gasteiger partial charge in [-0.25, -0.2) is 4.98 Å². The van der Waals surface area contributed by atoms with Crippen LogP contribution in [0.4, 0.5) is 17.2 Å². The molecule has 2 aromatic heterocycles. The minimum Gasteiger partial charge on any atom is -0.332 e. The van der Waals surface area contributed by atoms with Gasteiger partial charge in [0.1, 0.15) is 0 Å². The van der Waals surface area contributed by atoms with Crippen molar-refractivity contribution in [2.45, 2.75) is 20.4 Å². The predicted octanol–water partition coefficient (Wildman–Crippen LogP) is 2.26. The smallest absolute Gasteiger partial charge is 0.311 e. The molecule has 94 valence electrons. The summed E-state index contributed by atoms with van der Waals surface area (Å²) in [5.41, 5.74) is 1.38. The van der Waals surface area contributed by atoms with Crippen molar-refractivity contribution in [1.82, 2.24) is 14.8 Å². The summed E-state index contributed by atoms with van der Waals surface area (Å²) in [4.78, 5) is 14.5. The van der Waals surface area contributed by atoms with Gasteiger partial charge in [-0.05, 0) is 19.4 Å². The van der Waals surface area contributed by atoms with Gasteiger partial charge in [-0.2, -0.15) is 5.10 Å². The minimum atomic E-state index is -0.452. The van der Waals surface area contributed by atoms with Gasteiger partial charge < -0.3 is 5.32 Å². The number of hydrogen-bond acceptors (Lipinski definition) is 5. The van der Waals surface area contributed by atoms with Gasteiger partial charge in [-0.1, -0.05) is 0 Å². The zero-order valence-electron chi connectivity index (χ0n) is 10.1. The van der Waals surface area contributed by atoms with Crippen molar-refractivity contribution >= 4 is 17.2 Å². The Kier molecular flexibility index (Phi) is 3.22. The second kappa shape index (κ2) is 4.82. The average molecular weight is 247 g/mol. The molecular weight excluding hydrogens is 234 g/mol. The molecule has 1 N–H and O–H groups in total. The zero-order chi connectivity index (χ0) is 13.1. The number of aryl methyl sites for hydroxylation is 2. The van der Waals surface area contributed by atoms with Gasteiger partial charge in [-0.3, -0.25) is 14.8 Å². The van der Waals surface area contributed by atoms with Crippen LogP contribution < -0.4 is 5.32 Å². The van der Waals surface area contributed by atoms with E-state index in [0.717, 1.165) is 12.1 Å². The standard InChI is InChI=1S/C11H13N5O2/c1-3-15-7-9(6-13-15)14-11-10(16(17)18)4-8(2)5-12-11/h4-7H,3H2,1-2H3,(H,12,14). The zero-order valence-corrected chi connectivity index (χ0v) is 10.1. The fourth-order valence-corrected chi connectivity index (χ4v) is 1.53. The number of nitro groups is 1. The number of aromatic nitrogens is 3. The summed E-state index contributed by atoms with van der Waals surface area (Å²) in [5.74, 6) is 0.223. The Morgan fingerprint density at radius 3 is 2.89 bits per heavy atom. The van der Waals surface area contributed by atoms with E-state index in [0.29, 0.717) is 5.69 Å². The lowest BCUT2D eigenvalue weighted by Gasteiger charge is -2.03. The molecule has 0 bridgehead atoms. The summed E-state index contributed by atoms with van der Waals surface area (Å²) in [6.07, 6.45) is 4.96. The molecule has 0 fully saturated rings. The van der Waals surface area contributed by atoms with Crippen LogP contribution in [0.5, 0.6) is 0 Å². The lowest BCUT2D eigenvalue weighted by Crippen LogP contribution is -1.99.